The molecule has 2 aliphatic rings. The maximum atomic E-state index is 12.6. The van der Waals surface area contributed by atoms with E-state index in [2.05, 4.69) is 0 Å². The Kier molecular flexibility index (Phi) is 4.72. The molecule has 1 N–H and O–H groups in total. The van der Waals surface area contributed by atoms with Gasteiger partial charge in [-0.3, -0.25) is 4.79 Å². The van der Waals surface area contributed by atoms with Crippen LogP contribution < -0.4 is 0 Å². The van der Waals surface area contributed by atoms with Gasteiger partial charge in [0, 0.05) is 19.1 Å². The van der Waals surface area contributed by atoms with Crippen LogP contribution in [0, 0.1) is 0 Å². The molecule has 9 heteroatoms. The van der Waals surface area contributed by atoms with E-state index in [1.807, 2.05) is 0 Å². The highest BCUT2D eigenvalue weighted by molar-refractivity contribution is 7.91. The molecule has 21 heavy (non-hydrogen) atoms. The van der Waals surface area contributed by atoms with E-state index < -0.39 is 27.9 Å². The molecule has 2 heterocycles. The van der Waals surface area contributed by atoms with Crippen LogP contribution in [0.4, 0.5) is 4.79 Å². The fourth-order valence-corrected chi connectivity index (χ4v) is 4.28. The Balaban J connectivity index is 2.08. The number of rotatable bonds is 2. The molecule has 2 atom stereocenters. The van der Waals surface area contributed by atoms with Crippen molar-refractivity contribution in [3.05, 3.63) is 0 Å². The van der Waals surface area contributed by atoms with E-state index in [4.69, 9.17) is 9.84 Å². The Hall–Kier alpha value is -1.35. The van der Waals surface area contributed by atoms with Gasteiger partial charge < -0.3 is 19.6 Å². The van der Waals surface area contributed by atoms with Crippen LogP contribution in [0.3, 0.4) is 0 Å². The first kappa shape index (κ1) is 16.0. The zero-order chi connectivity index (χ0) is 15.6. The third kappa shape index (κ3) is 3.85. The normalized spacial score (nSPS) is 29.2. The van der Waals surface area contributed by atoms with Gasteiger partial charge in [0.25, 0.3) is 0 Å². The van der Waals surface area contributed by atoms with Crippen LogP contribution in [0.25, 0.3) is 0 Å². The number of ether oxygens (including phenoxy) is 1. The monoisotopic (exact) mass is 320 g/mol. The fraction of sp³-hybridized carbons (Fsp3) is 0.833. The Labute approximate surface area is 123 Å². The first-order valence-electron chi connectivity index (χ1n) is 6.87. The third-order valence-corrected chi connectivity index (χ3v) is 5.59. The molecule has 0 aliphatic carbocycles. The van der Waals surface area contributed by atoms with Crippen molar-refractivity contribution >= 4 is 21.8 Å². The standard InChI is InChI=1S/C12H20N2O6S/c1-9-8-21(18,19)5-3-13(9)12(17)14-2-4-20-7-10(14)6-11(15)16/h9-10H,2-8H2,1H3,(H,15,16). The Morgan fingerprint density at radius 3 is 2.62 bits per heavy atom. The molecule has 2 aliphatic heterocycles. The largest absolute Gasteiger partial charge is 0.481 e. The van der Waals surface area contributed by atoms with Gasteiger partial charge in [-0.2, -0.15) is 0 Å². The molecule has 0 aromatic heterocycles. The Morgan fingerprint density at radius 2 is 2.00 bits per heavy atom. The summed E-state index contributed by atoms with van der Waals surface area (Å²) in [6.07, 6.45) is -0.174. The van der Waals surface area contributed by atoms with E-state index in [9.17, 15) is 18.0 Å². The van der Waals surface area contributed by atoms with Crippen molar-refractivity contribution in [2.24, 2.45) is 0 Å². The van der Waals surface area contributed by atoms with Crippen LogP contribution >= 0.6 is 0 Å². The molecule has 0 aromatic carbocycles. The highest BCUT2D eigenvalue weighted by atomic mass is 32.2. The number of hydrogen-bond acceptors (Lipinski definition) is 5. The molecule has 8 nitrogen and oxygen atoms in total. The van der Waals surface area contributed by atoms with Gasteiger partial charge in [0.05, 0.1) is 37.2 Å². The fourth-order valence-electron chi connectivity index (χ4n) is 2.73. The first-order valence-corrected chi connectivity index (χ1v) is 8.69. The number of carboxylic acid groups (broad SMARTS) is 1. The van der Waals surface area contributed by atoms with Gasteiger partial charge in [-0.25, -0.2) is 13.2 Å². The predicted molar refractivity (Wildman–Crippen MR) is 73.8 cm³/mol. The lowest BCUT2D eigenvalue weighted by molar-refractivity contribution is -0.139. The van der Waals surface area contributed by atoms with E-state index in [0.29, 0.717) is 13.2 Å². The SMILES string of the molecule is CC1CS(=O)(=O)CCN1C(=O)N1CCOCC1CC(=O)O. The molecule has 0 radical (unpaired) electrons. The van der Waals surface area contributed by atoms with Crippen molar-refractivity contribution in [3.8, 4) is 0 Å². The van der Waals surface area contributed by atoms with E-state index in [-0.39, 0.29) is 37.1 Å². The zero-order valence-corrected chi connectivity index (χ0v) is 12.7. The molecule has 2 rings (SSSR count). The molecular weight excluding hydrogens is 300 g/mol. The van der Waals surface area contributed by atoms with Crippen LogP contribution in [-0.2, 0) is 19.4 Å². The number of urea groups is 1. The maximum absolute atomic E-state index is 12.6. The average Bonchev–Trinajstić information content (AvgIpc) is 2.37. The summed E-state index contributed by atoms with van der Waals surface area (Å²) in [4.78, 5) is 26.5. The van der Waals surface area contributed by atoms with E-state index in [0.717, 1.165) is 0 Å². The third-order valence-electron chi connectivity index (χ3n) is 3.80. The van der Waals surface area contributed by atoms with Gasteiger partial charge in [0.2, 0.25) is 0 Å². The summed E-state index contributed by atoms with van der Waals surface area (Å²) in [5, 5.41) is 8.91. The minimum Gasteiger partial charge on any atom is -0.481 e. The van der Waals surface area contributed by atoms with E-state index in [1.54, 1.807) is 6.92 Å². The molecule has 2 unspecified atom stereocenters. The van der Waals surface area contributed by atoms with Gasteiger partial charge >= 0.3 is 12.0 Å². The van der Waals surface area contributed by atoms with Gasteiger partial charge in [-0.05, 0) is 6.92 Å². The number of amides is 2. The van der Waals surface area contributed by atoms with Crippen LogP contribution in [-0.4, -0.2) is 85.2 Å². The Morgan fingerprint density at radius 1 is 1.29 bits per heavy atom. The summed E-state index contributed by atoms with van der Waals surface area (Å²) in [6, 6.07) is -1.20. The van der Waals surface area contributed by atoms with Crippen molar-refractivity contribution in [2.45, 2.75) is 25.4 Å². The lowest BCUT2D eigenvalue weighted by Crippen LogP contribution is -2.59. The number of hydrogen-bond donors (Lipinski definition) is 1. The average molecular weight is 320 g/mol. The van der Waals surface area contributed by atoms with Crippen LogP contribution in [0.2, 0.25) is 0 Å². The van der Waals surface area contributed by atoms with Crippen molar-refractivity contribution in [3.63, 3.8) is 0 Å². The molecular formula is C12H20N2O6S. The molecule has 0 aromatic rings. The number of carbonyl (C=O) groups is 2. The van der Waals surface area contributed by atoms with Gasteiger partial charge in [0.1, 0.15) is 0 Å². The molecule has 0 spiro atoms. The number of carbonyl (C=O) groups excluding carboxylic acids is 1. The number of sulfone groups is 1. The second-order valence-electron chi connectivity index (χ2n) is 5.46. The molecule has 2 amide bonds. The van der Waals surface area contributed by atoms with Crippen molar-refractivity contribution in [1.29, 1.82) is 0 Å². The number of aliphatic carboxylic acids is 1. The smallest absolute Gasteiger partial charge is 0.320 e. The van der Waals surface area contributed by atoms with Crippen molar-refractivity contribution < 1.29 is 27.9 Å². The summed E-state index contributed by atoms with van der Waals surface area (Å²) >= 11 is 0. The quantitative estimate of drug-likeness (QED) is 0.728. The molecule has 2 saturated heterocycles. The summed E-state index contributed by atoms with van der Waals surface area (Å²) < 4.78 is 28.4. The lowest BCUT2D eigenvalue weighted by Gasteiger charge is -2.41. The number of carboxylic acids is 1. The molecule has 0 saturated carbocycles. The van der Waals surface area contributed by atoms with Crippen LogP contribution in [0.5, 0.6) is 0 Å². The van der Waals surface area contributed by atoms with Crippen LogP contribution in [0.15, 0.2) is 0 Å². The molecule has 0 bridgehead atoms. The molecule has 2 fully saturated rings. The minimum absolute atomic E-state index is 0.0446. The van der Waals surface area contributed by atoms with Crippen molar-refractivity contribution in [2.75, 3.05) is 37.8 Å². The van der Waals surface area contributed by atoms with E-state index in [1.165, 1.54) is 9.80 Å². The highest BCUT2D eigenvalue weighted by Crippen LogP contribution is 2.18. The topological polar surface area (TPSA) is 104 Å². The second-order valence-corrected chi connectivity index (χ2v) is 7.69. The lowest BCUT2D eigenvalue weighted by atomic mass is 10.1. The summed E-state index contributed by atoms with van der Waals surface area (Å²) in [6.45, 7) is 2.73. The van der Waals surface area contributed by atoms with E-state index >= 15 is 0 Å². The van der Waals surface area contributed by atoms with Crippen molar-refractivity contribution in [1.82, 2.24) is 9.80 Å². The molecule has 120 valence electrons. The van der Waals surface area contributed by atoms with Gasteiger partial charge in [-0.1, -0.05) is 0 Å². The number of nitrogens with zero attached hydrogens (tertiary/aromatic N) is 2. The second kappa shape index (κ2) is 6.18. The maximum Gasteiger partial charge on any atom is 0.320 e. The van der Waals surface area contributed by atoms with Gasteiger partial charge in [0.15, 0.2) is 9.84 Å². The summed E-state index contributed by atoms with van der Waals surface area (Å²) in [5.74, 6) is -1.08. The summed E-state index contributed by atoms with van der Waals surface area (Å²) in [7, 11) is -3.09. The van der Waals surface area contributed by atoms with Gasteiger partial charge in [-0.15, -0.1) is 0 Å². The predicted octanol–water partition coefficient (Wildman–Crippen LogP) is -0.599. The highest BCUT2D eigenvalue weighted by Gasteiger charge is 2.37. The zero-order valence-electron chi connectivity index (χ0n) is 11.9. The first-order chi connectivity index (χ1) is 9.80. The number of morpholine rings is 1. The Bertz CT molecular complexity index is 520. The minimum atomic E-state index is -3.09. The van der Waals surface area contributed by atoms with Crippen LogP contribution in [0.1, 0.15) is 13.3 Å². The summed E-state index contributed by atoms with van der Waals surface area (Å²) in [5.41, 5.74) is 0.